The van der Waals surface area contributed by atoms with Crippen LogP contribution in [0.15, 0.2) is 48.5 Å². The molecule has 2 aromatic carbocycles. The minimum absolute atomic E-state index is 0.0988. The summed E-state index contributed by atoms with van der Waals surface area (Å²) in [5.41, 5.74) is 4.27. The fraction of sp³-hybridized carbons (Fsp3) is 0.458. The van der Waals surface area contributed by atoms with Gasteiger partial charge < -0.3 is 15.7 Å². The average molecular weight is 379 g/mol. The normalized spacial score (nSPS) is 26.6. The number of aliphatic hydroxyl groups excluding tert-OH is 1. The van der Waals surface area contributed by atoms with Crippen LogP contribution in [0, 0.1) is 11.8 Å². The third-order valence-electron chi connectivity index (χ3n) is 6.33. The first-order valence-electron chi connectivity index (χ1n) is 10.5. The topological polar surface area (TPSA) is 61.4 Å². The number of carbonyl (C=O) groups excluding carboxylic acids is 1. The molecule has 1 amide bonds. The number of carbonyl (C=O) groups is 1. The molecule has 4 heteroatoms. The van der Waals surface area contributed by atoms with Crippen LogP contribution in [0.25, 0.3) is 11.1 Å². The fourth-order valence-corrected chi connectivity index (χ4v) is 4.67. The summed E-state index contributed by atoms with van der Waals surface area (Å²) >= 11 is 0. The lowest BCUT2D eigenvalue weighted by molar-refractivity contribution is 0.0462. The highest BCUT2D eigenvalue weighted by Gasteiger charge is 2.39. The summed E-state index contributed by atoms with van der Waals surface area (Å²) in [6.07, 6.45) is 3.43. The van der Waals surface area contributed by atoms with Crippen molar-refractivity contribution in [3.8, 4) is 11.1 Å². The van der Waals surface area contributed by atoms with Crippen LogP contribution in [0.2, 0.25) is 0 Å². The maximum absolute atomic E-state index is 12.7. The molecule has 4 rings (SSSR count). The van der Waals surface area contributed by atoms with E-state index in [1.165, 1.54) is 5.56 Å². The molecule has 1 saturated carbocycles. The smallest absolute Gasteiger partial charge is 0.251 e. The second-order valence-corrected chi connectivity index (χ2v) is 8.32. The Labute approximate surface area is 167 Å². The summed E-state index contributed by atoms with van der Waals surface area (Å²) in [5, 5.41) is 16.9. The second-order valence-electron chi connectivity index (χ2n) is 8.32. The van der Waals surface area contributed by atoms with Crippen molar-refractivity contribution >= 4 is 5.91 Å². The molecule has 4 nitrogen and oxygen atoms in total. The summed E-state index contributed by atoms with van der Waals surface area (Å²) in [6.45, 7) is 4.17. The van der Waals surface area contributed by atoms with Gasteiger partial charge in [0, 0.05) is 5.56 Å². The second kappa shape index (κ2) is 8.46. The zero-order valence-corrected chi connectivity index (χ0v) is 16.5. The van der Waals surface area contributed by atoms with Gasteiger partial charge >= 0.3 is 0 Å². The Kier molecular flexibility index (Phi) is 5.79. The predicted molar refractivity (Wildman–Crippen MR) is 112 cm³/mol. The van der Waals surface area contributed by atoms with Crippen LogP contribution >= 0.6 is 0 Å². The van der Waals surface area contributed by atoms with E-state index in [1.54, 1.807) is 0 Å². The number of fused-ring (bicyclic) bond motifs is 1. The van der Waals surface area contributed by atoms with E-state index in [-0.39, 0.29) is 11.9 Å². The van der Waals surface area contributed by atoms with Crippen molar-refractivity contribution in [3.05, 3.63) is 59.7 Å². The maximum Gasteiger partial charge on any atom is 0.251 e. The Morgan fingerprint density at radius 3 is 2.25 bits per heavy atom. The molecule has 2 aromatic rings. The molecule has 0 unspecified atom stereocenters. The molecule has 2 aliphatic rings. The molecule has 3 N–H and O–H groups in total. The van der Waals surface area contributed by atoms with Gasteiger partial charge in [-0.1, -0.05) is 49.7 Å². The number of rotatable bonds is 5. The third-order valence-corrected chi connectivity index (χ3v) is 6.33. The van der Waals surface area contributed by atoms with Crippen molar-refractivity contribution in [1.82, 2.24) is 10.6 Å². The van der Waals surface area contributed by atoms with Crippen molar-refractivity contribution in [3.63, 3.8) is 0 Å². The van der Waals surface area contributed by atoms with E-state index in [4.69, 9.17) is 0 Å². The lowest BCUT2D eigenvalue weighted by Gasteiger charge is -2.35. The number of amides is 1. The van der Waals surface area contributed by atoms with Crippen LogP contribution in [-0.2, 0) is 6.42 Å². The first-order chi connectivity index (χ1) is 13.6. The van der Waals surface area contributed by atoms with E-state index in [0.717, 1.165) is 49.9 Å². The van der Waals surface area contributed by atoms with E-state index in [2.05, 4.69) is 41.8 Å². The first kappa shape index (κ1) is 19.2. The van der Waals surface area contributed by atoms with Gasteiger partial charge in [-0.25, -0.2) is 0 Å². The largest absolute Gasteiger partial charge is 0.391 e. The highest BCUT2D eigenvalue weighted by Crippen LogP contribution is 2.33. The van der Waals surface area contributed by atoms with Gasteiger partial charge in [0.1, 0.15) is 0 Å². The first-order valence-corrected chi connectivity index (χ1v) is 10.5. The summed E-state index contributed by atoms with van der Waals surface area (Å²) < 4.78 is 0. The monoisotopic (exact) mass is 378 g/mol. The number of aliphatic hydroxyl groups is 1. The van der Waals surface area contributed by atoms with Gasteiger partial charge in [0.05, 0.1) is 12.1 Å². The number of aryl methyl sites for hydroxylation is 1. The van der Waals surface area contributed by atoms with Crippen molar-refractivity contribution in [2.24, 2.45) is 11.8 Å². The van der Waals surface area contributed by atoms with Crippen LogP contribution in [0.4, 0.5) is 0 Å². The predicted octanol–water partition coefficient (Wildman–Crippen LogP) is 3.39. The summed E-state index contributed by atoms with van der Waals surface area (Å²) in [6, 6.07) is 16.2. The van der Waals surface area contributed by atoms with Gasteiger partial charge in [0.15, 0.2) is 0 Å². The Morgan fingerprint density at radius 2 is 1.61 bits per heavy atom. The number of hydrogen-bond acceptors (Lipinski definition) is 3. The van der Waals surface area contributed by atoms with Gasteiger partial charge in [-0.05, 0) is 73.0 Å². The molecule has 0 bridgehead atoms. The van der Waals surface area contributed by atoms with Gasteiger partial charge in [0.2, 0.25) is 0 Å². The lowest BCUT2D eigenvalue weighted by Crippen LogP contribution is -2.49. The molecule has 2 fully saturated rings. The molecule has 1 aliphatic heterocycles. The van der Waals surface area contributed by atoms with Gasteiger partial charge in [-0.3, -0.25) is 4.79 Å². The van der Waals surface area contributed by atoms with E-state index in [9.17, 15) is 9.90 Å². The van der Waals surface area contributed by atoms with Crippen molar-refractivity contribution in [2.45, 2.75) is 44.8 Å². The summed E-state index contributed by atoms with van der Waals surface area (Å²) in [7, 11) is 0. The van der Waals surface area contributed by atoms with E-state index < -0.39 is 6.10 Å². The van der Waals surface area contributed by atoms with Crippen LogP contribution < -0.4 is 10.6 Å². The van der Waals surface area contributed by atoms with Gasteiger partial charge in [0.25, 0.3) is 5.91 Å². The molecule has 0 radical (unpaired) electrons. The molecule has 4 atom stereocenters. The Morgan fingerprint density at radius 1 is 1.00 bits per heavy atom. The zero-order chi connectivity index (χ0) is 19.5. The van der Waals surface area contributed by atoms with Crippen molar-refractivity contribution in [2.75, 3.05) is 13.1 Å². The number of hydrogen-bond donors (Lipinski definition) is 3. The summed E-state index contributed by atoms with van der Waals surface area (Å²) in [4.78, 5) is 12.7. The van der Waals surface area contributed by atoms with E-state index >= 15 is 0 Å². The molecule has 0 aromatic heterocycles. The van der Waals surface area contributed by atoms with Crippen molar-refractivity contribution < 1.29 is 9.90 Å². The fourth-order valence-electron chi connectivity index (χ4n) is 4.67. The number of nitrogens with one attached hydrogen (secondary N) is 2. The molecule has 0 spiro atoms. The van der Waals surface area contributed by atoms with Crippen LogP contribution in [0.1, 0.15) is 42.1 Å². The molecular formula is C24H30N2O2. The Balaban J connectivity index is 1.39. The highest BCUT2D eigenvalue weighted by molar-refractivity contribution is 5.95. The quantitative estimate of drug-likeness (QED) is 0.747. The minimum atomic E-state index is -0.453. The average Bonchev–Trinajstić information content (AvgIpc) is 3.16. The molecular weight excluding hydrogens is 348 g/mol. The standard InChI is InChI=1S/C24H30N2O2/c1-2-3-16-4-6-17(7-5-16)18-8-10-19(11-9-18)24(28)26-22-12-20-14-25-15-21(20)13-23(22)27/h4-11,20-23,25,27H,2-3,12-15H2,1H3,(H,26,28)/t20-,21+,22-,23-/m0/s1. The SMILES string of the molecule is CCCc1ccc(-c2ccc(C(=O)N[C@H]3C[C@H]4CNC[C@H]4C[C@@H]3O)cc2)cc1. The maximum atomic E-state index is 12.7. The van der Waals surface area contributed by atoms with Gasteiger partial charge in [-0.2, -0.15) is 0 Å². The molecule has 1 saturated heterocycles. The van der Waals surface area contributed by atoms with Crippen LogP contribution in [0.3, 0.4) is 0 Å². The van der Waals surface area contributed by atoms with Crippen LogP contribution in [-0.4, -0.2) is 36.2 Å². The van der Waals surface area contributed by atoms with Crippen molar-refractivity contribution in [1.29, 1.82) is 0 Å². The highest BCUT2D eigenvalue weighted by atomic mass is 16.3. The number of benzene rings is 2. The molecule has 148 valence electrons. The summed E-state index contributed by atoms with van der Waals surface area (Å²) in [5.74, 6) is 1.01. The Hall–Kier alpha value is -2.17. The molecule has 1 aliphatic carbocycles. The van der Waals surface area contributed by atoms with E-state index in [0.29, 0.717) is 17.4 Å². The third kappa shape index (κ3) is 4.13. The lowest BCUT2D eigenvalue weighted by atomic mass is 9.77. The Bertz CT molecular complexity index is 800. The van der Waals surface area contributed by atoms with Gasteiger partial charge in [-0.15, -0.1) is 0 Å². The zero-order valence-electron chi connectivity index (χ0n) is 16.5. The molecule has 1 heterocycles. The minimum Gasteiger partial charge on any atom is -0.391 e. The molecule has 28 heavy (non-hydrogen) atoms. The van der Waals surface area contributed by atoms with E-state index in [1.807, 2.05) is 24.3 Å². The van der Waals surface area contributed by atoms with Crippen LogP contribution in [0.5, 0.6) is 0 Å².